The first kappa shape index (κ1) is 27.9. The number of nitrogens with one attached hydrogen (secondary N) is 2. The van der Waals surface area contributed by atoms with Crippen LogP contribution in [0.25, 0.3) is 11.4 Å². The fourth-order valence-electron chi connectivity index (χ4n) is 4.63. The number of rotatable bonds is 11. The molecule has 1 aromatic heterocycles. The third-order valence-electron chi connectivity index (χ3n) is 6.93. The number of allylic oxidation sites excluding steroid dienone is 2. The van der Waals surface area contributed by atoms with Gasteiger partial charge in [0.1, 0.15) is 17.1 Å². The zero-order valence-electron chi connectivity index (χ0n) is 21.6. The molecule has 1 amide bonds. The number of carbonyl (C=O) groups excluding carboxylic acids is 2. The van der Waals surface area contributed by atoms with Crippen molar-refractivity contribution in [1.29, 1.82) is 0 Å². The zero-order valence-corrected chi connectivity index (χ0v) is 23.3. The number of Topliss-reactive ketones (excluding diaryl/α,β-unsaturated/α-hetero) is 1. The molecular formula is C26H29N5O7S2. The number of sulfonamides is 1. The van der Waals surface area contributed by atoms with Crippen LogP contribution in [0.3, 0.4) is 0 Å². The van der Waals surface area contributed by atoms with Crippen LogP contribution in [0.2, 0.25) is 0 Å². The molecule has 1 fully saturated rings. The Kier molecular flexibility index (Phi) is 7.73. The van der Waals surface area contributed by atoms with E-state index >= 15 is 0 Å². The van der Waals surface area contributed by atoms with Gasteiger partial charge in [-0.2, -0.15) is 4.98 Å². The van der Waals surface area contributed by atoms with Gasteiger partial charge < -0.3 is 15.2 Å². The smallest absolute Gasteiger partial charge is 0.296 e. The largest absolute Gasteiger partial charge is 0.360 e. The first-order valence-electron chi connectivity index (χ1n) is 13.0. The lowest BCUT2D eigenvalue weighted by Gasteiger charge is -2.24. The molecule has 0 radical (unpaired) electrons. The summed E-state index contributed by atoms with van der Waals surface area (Å²) < 4.78 is 60.0. The van der Waals surface area contributed by atoms with Crippen LogP contribution in [-0.2, 0) is 24.7 Å². The third-order valence-corrected chi connectivity index (χ3v) is 10.3. The average Bonchev–Trinajstić information content (AvgIpc) is 3.51. The second-order valence-electron chi connectivity index (χ2n) is 10.1. The minimum Gasteiger partial charge on any atom is -0.360 e. The molecule has 2 unspecified atom stereocenters. The molecule has 0 spiro atoms. The highest BCUT2D eigenvalue weighted by atomic mass is 32.2. The minimum absolute atomic E-state index is 0.0175. The average molecular weight is 588 g/mol. The van der Waals surface area contributed by atoms with E-state index < -0.39 is 60.6 Å². The Morgan fingerprint density at radius 2 is 1.82 bits per heavy atom. The van der Waals surface area contributed by atoms with Gasteiger partial charge in [-0.25, -0.2) is 16.8 Å². The summed E-state index contributed by atoms with van der Waals surface area (Å²) in [6, 6.07) is 6.42. The third kappa shape index (κ3) is 6.22. The van der Waals surface area contributed by atoms with E-state index in [4.69, 9.17) is 4.52 Å². The number of amidine groups is 1. The molecule has 2 aromatic rings. The van der Waals surface area contributed by atoms with E-state index in [1.807, 2.05) is 6.07 Å². The molecule has 212 valence electrons. The van der Waals surface area contributed by atoms with Crippen molar-refractivity contribution in [2.45, 2.75) is 43.5 Å². The fourth-order valence-corrected chi connectivity index (χ4v) is 8.01. The molecule has 1 aromatic carbocycles. The topological polar surface area (TPSA) is 178 Å². The molecule has 4 atom stereocenters. The normalized spacial score (nSPS) is 22.7. The van der Waals surface area contributed by atoms with Crippen molar-refractivity contribution in [3.05, 3.63) is 60.5 Å². The Morgan fingerprint density at radius 1 is 1.10 bits per heavy atom. The Morgan fingerprint density at radius 3 is 2.52 bits per heavy atom. The summed E-state index contributed by atoms with van der Waals surface area (Å²) >= 11 is 0. The van der Waals surface area contributed by atoms with Crippen molar-refractivity contribution in [2.24, 2.45) is 16.2 Å². The van der Waals surface area contributed by atoms with Crippen molar-refractivity contribution in [3.63, 3.8) is 0 Å². The molecule has 2 heterocycles. The number of benzene rings is 1. The van der Waals surface area contributed by atoms with Gasteiger partial charge in [0.15, 0.2) is 9.84 Å². The van der Waals surface area contributed by atoms with Crippen LogP contribution in [0.5, 0.6) is 0 Å². The van der Waals surface area contributed by atoms with E-state index in [0.29, 0.717) is 5.56 Å². The fraction of sp³-hybridized carbons (Fsp3) is 0.423. The van der Waals surface area contributed by atoms with E-state index in [0.717, 1.165) is 12.8 Å². The number of sulfone groups is 1. The number of hydrogen-bond donors (Lipinski definition) is 2. The van der Waals surface area contributed by atoms with Crippen molar-refractivity contribution in [1.82, 2.24) is 20.8 Å². The SMILES string of the molecule is CC[C@H](NC(=O)[C@H](CS(=O)(=O)CC1CC1)NC1=NS(=O)(=O)C2C=CC=CC12)C(=O)c1nc(-c2ccccc2)no1. The summed E-state index contributed by atoms with van der Waals surface area (Å²) in [7, 11) is -7.58. The number of hydrogen-bond acceptors (Lipinski definition) is 10. The molecule has 0 bridgehead atoms. The maximum absolute atomic E-state index is 13.5. The van der Waals surface area contributed by atoms with Crippen LogP contribution in [0, 0.1) is 11.8 Å². The molecule has 0 saturated heterocycles. The van der Waals surface area contributed by atoms with Gasteiger partial charge in [-0.3, -0.25) is 9.59 Å². The second-order valence-corrected chi connectivity index (χ2v) is 14.0. The predicted octanol–water partition coefficient (Wildman–Crippen LogP) is 1.45. The van der Waals surface area contributed by atoms with Gasteiger partial charge in [0.25, 0.3) is 15.9 Å². The molecule has 2 N–H and O–H groups in total. The van der Waals surface area contributed by atoms with Crippen molar-refractivity contribution < 1.29 is 30.9 Å². The Balaban J connectivity index is 1.35. The summed E-state index contributed by atoms with van der Waals surface area (Å²) in [4.78, 5) is 30.8. The maximum atomic E-state index is 13.5. The quantitative estimate of drug-likeness (QED) is 0.366. The van der Waals surface area contributed by atoms with Gasteiger partial charge in [-0.1, -0.05) is 66.7 Å². The van der Waals surface area contributed by atoms with Crippen LogP contribution < -0.4 is 10.6 Å². The molecule has 1 saturated carbocycles. The summed E-state index contributed by atoms with van der Waals surface area (Å²) in [6.45, 7) is 1.67. The molecule has 1 aliphatic heterocycles. The molecule has 3 aliphatic rings. The molecular weight excluding hydrogens is 558 g/mol. The van der Waals surface area contributed by atoms with Gasteiger partial charge in [0.2, 0.25) is 17.5 Å². The standard InChI is InChI=1S/C26H29N5O7S2/c1-2-19(22(32)26-29-23(30-38-26)17-8-4-3-5-9-17)28-25(33)20(15-39(34,35)14-16-12-13-16)27-24-18-10-6-7-11-21(18)40(36,37)31-24/h3-11,16,18-21H,2,12-15H2,1H3,(H,27,31)(H,28,33)/t18?,19-,20-,21?/m0/s1. The highest BCUT2D eigenvalue weighted by molar-refractivity contribution is 7.91. The maximum Gasteiger partial charge on any atom is 0.296 e. The molecule has 5 rings (SSSR count). The van der Waals surface area contributed by atoms with E-state index in [1.54, 1.807) is 49.4 Å². The number of ketones is 1. The predicted molar refractivity (Wildman–Crippen MR) is 147 cm³/mol. The van der Waals surface area contributed by atoms with E-state index in [1.165, 1.54) is 6.08 Å². The lowest BCUT2D eigenvalue weighted by atomic mass is 9.98. The number of fused-ring (bicyclic) bond motifs is 1. The lowest BCUT2D eigenvalue weighted by Crippen LogP contribution is -2.55. The van der Waals surface area contributed by atoms with Crippen molar-refractivity contribution in [2.75, 3.05) is 11.5 Å². The Labute approximate surface area is 232 Å². The first-order chi connectivity index (χ1) is 19.1. The van der Waals surface area contributed by atoms with Crippen molar-refractivity contribution in [3.8, 4) is 11.4 Å². The highest BCUT2D eigenvalue weighted by Gasteiger charge is 2.43. The van der Waals surface area contributed by atoms with Crippen molar-refractivity contribution >= 4 is 37.4 Å². The van der Waals surface area contributed by atoms with Crippen LogP contribution in [-0.4, -0.2) is 73.3 Å². The van der Waals surface area contributed by atoms with Crippen LogP contribution >= 0.6 is 0 Å². The van der Waals surface area contributed by atoms with Gasteiger partial charge in [0.05, 0.1) is 23.5 Å². The van der Waals surface area contributed by atoms with Gasteiger partial charge in [-0.05, 0) is 25.2 Å². The molecule has 40 heavy (non-hydrogen) atoms. The summed E-state index contributed by atoms with van der Waals surface area (Å²) in [5, 5.41) is 8.29. The number of amides is 1. The Bertz CT molecular complexity index is 1590. The van der Waals surface area contributed by atoms with Crippen LogP contribution in [0.1, 0.15) is 36.9 Å². The highest BCUT2D eigenvalue weighted by Crippen LogP contribution is 2.31. The number of carbonyl (C=O) groups is 2. The van der Waals surface area contributed by atoms with Crippen LogP contribution in [0.15, 0.2) is 63.6 Å². The zero-order chi connectivity index (χ0) is 28.5. The molecule has 14 heteroatoms. The molecule has 12 nitrogen and oxygen atoms in total. The Hall–Kier alpha value is -3.65. The number of nitrogens with zero attached hydrogens (tertiary/aromatic N) is 3. The van der Waals surface area contributed by atoms with Gasteiger partial charge in [0, 0.05) is 5.56 Å². The van der Waals surface area contributed by atoms with Crippen LogP contribution in [0.4, 0.5) is 0 Å². The summed E-state index contributed by atoms with van der Waals surface area (Å²) in [5.41, 5.74) is 0.643. The monoisotopic (exact) mass is 587 g/mol. The first-order valence-corrected chi connectivity index (χ1v) is 16.3. The van der Waals surface area contributed by atoms with E-state index in [-0.39, 0.29) is 35.6 Å². The number of aromatic nitrogens is 2. The lowest BCUT2D eigenvalue weighted by molar-refractivity contribution is -0.122. The second kappa shape index (κ2) is 11.1. The summed E-state index contributed by atoms with van der Waals surface area (Å²) in [6.07, 6.45) is 8.15. The van der Waals surface area contributed by atoms with E-state index in [9.17, 15) is 26.4 Å². The minimum atomic E-state index is -3.89. The molecule has 2 aliphatic carbocycles. The van der Waals surface area contributed by atoms with Gasteiger partial charge in [-0.15, -0.1) is 4.40 Å². The van der Waals surface area contributed by atoms with Gasteiger partial charge >= 0.3 is 0 Å². The van der Waals surface area contributed by atoms with E-state index in [2.05, 4.69) is 25.2 Å². The summed E-state index contributed by atoms with van der Waals surface area (Å²) in [5.74, 6) is -2.83.